The molecule has 1 N–H and O–H groups in total. The Morgan fingerprint density at radius 3 is 2.71 bits per heavy atom. The van der Waals surface area contributed by atoms with Gasteiger partial charge in [0.2, 0.25) is 5.95 Å². The molecule has 0 spiro atoms. The van der Waals surface area contributed by atoms with E-state index in [1.54, 1.807) is 0 Å². The molecule has 21 heavy (non-hydrogen) atoms. The maximum atomic E-state index is 4.61. The predicted octanol–water partition coefficient (Wildman–Crippen LogP) is 3.03. The van der Waals surface area contributed by atoms with Crippen molar-refractivity contribution < 1.29 is 0 Å². The van der Waals surface area contributed by atoms with Crippen molar-refractivity contribution in [3.05, 3.63) is 41.9 Å². The van der Waals surface area contributed by atoms with Crippen LogP contribution in [-0.4, -0.2) is 28.0 Å². The van der Waals surface area contributed by atoms with Crippen LogP contribution in [-0.2, 0) is 6.54 Å². The first-order chi connectivity index (χ1) is 10.2. The largest absolute Gasteiger partial charge is 0.354 e. The van der Waals surface area contributed by atoms with Gasteiger partial charge in [-0.3, -0.25) is 4.98 Å². The summed E-state index contributed by atoms with van der Waals surface area (Å²) in [5.41, 5.74) is 2.01. The minimum atomic E-state index is 0.700. The van der Waals surface area contributed by atoms with Gasteiger partial charge < -0.3 is 10.2 Å². The monoisotopic (exact) mass is 285 g/mol. The first-order valence-electron chi connectivity index (χ1n) is 7.47. The van der Waals surface area contributed by atoms with Crippen molar-refractivity contribution in [2.45, 2.75) is 33.7 Å². The van der Waals surface area contributed by atoms with Crippen LogP contribution < -0.4 is 10.2 Å². The van der Waals surface area contributed by atoms with Gasteiger partial charge in [0, 0.05) is 31.0 Å². The SMILES string of the molecule is CCCNc1nc(C)cc(N(CC)Cc2ccccn2)n1. The summed E-state index contributed by atoms with van der Waals surface area (Å²) in [7, 11) is 0. The van der Waals surface area contributed by atoms with Crippen LogP contribution in [0.15, 0.2) is 30.5 Å². The van der Waals surface area contributed by atoms with E-state index in [4.69, 9.17) is 0 Å². The van der Waals surface area contributed by atoms with Gasteiger partial charge in [0.25, 0.3) is 0 Å². The number of nitrogens with one attached hydrogen (secondary N) is 1. The van der Waals surface area contributed by atoms with Gasteiger partial charge in [-0.05, 0) is 32.4 Å². The molecule has 0 aliphatic carbocycles. The third kappa shape index (κ3) is 4.41. The van der Waals surface area contributed by atoms with Crippen LogP contribution >= 0.6 is 0 Å². The van der Waals surface area contributed by atoms with Gasteiger partial charge in [0.1, 0.15) is 5.82 Å². The molecule has 0 saturated carbocycles. The second-order valence-corrected chi connectivity index (χ2v) is 4.95. The van der Waals surface area contributed by atoms with Crippen molar-refractivity contribution in [3.63, 3.8) is 0 Å². The van der Waals surface area contributed by atoms with Crippen molar-refractivity contribution >= 4 is 11.8 Å². The molecule has 0 amide bonds. The molecule has 2 aromatic heterocycles. The molecule has 0 atom stereocenters. The van der Waals surface area contributed by atoms with Crippen LogP contribution in [0.3, 0.4) is 0 Å². The zero-order valence-corrected chi connectivity index (χ0v) is 13.0. The molecule has 0 aliphatic heterocycles. The third-order valence-corrected chi connectivity index (χ3v) is 3.16. The van der Waals surface area contributed by atoms with E-state index in [2.05, 4.69) is 39.0 Å². The van der Waals surface area contributed by atoms with Crippen LogP contribution in [0.4, 0.5) is 11.8 Å². The van der Waals surface area contributed by atoms with Crippen molar-refractivity contribution in [1.29, 1.82) is 0 Å². The number of aromatic nitrogens is 3. The maximum absolute atomic E-state index is 4.61. The molecule has 0 aliphatic rings. The standard InChI is InChI=1S/C16H23N5/c1-4-9-18-16-19-13(3)11-15(20-16)21(5-2)12-14-8-6-7-10-17-14/h6-8,10-11H,4-5,9,12H2,1-3H3,(H,18,19,20). The number of rotatable bonds is 7. The normalized spacial score (nSPS) is 10.4. The Bertz CT molecular complexity index is 556. The first-order valence-corrected chi connectivity index (χ1v) is 7.47. The third-order valence-electron chi connectivity index (χ3n) is 3.16. The molecule has 2 rings (SSSR count). The summed E-state index contributed by atoms with van der Waals surface area (Å²) in [4.78, 5) is 15.6. The summed E-state index contributed by atoms with van der Waals surface area (Å²) in [6, 6.07) is 7.99. The van der Waals surface area contributed by atoms with Crippen molar-refractivity contribution in [1.82, 2.24) is 15.0 Å². The zero-order chi connectivity index (χ0) is 15.1. The number of pyridine rings is 1. The van der Waals surface area contributed by atoms with Crippen molar-refractivity contribution in [2.75, 3.05) is 23.3 Å². The smallest absolute Gasteiger partial charge is 0.224 e. The fraction of sp³-hybridized carbons (Fsp3) is 0.438. The highest BCUT2D eigenvalue weighted by atomic mass is 15.2. The molecule has 0 aromatic carbocycles. The molecule has 2 heterocycles. The fourth-order valence-electron chi connectivity index (χ4n) is 2.07. The highest BCUT2D eigenvalue weighted by molar-refractivity contribution is 5.45. The van der Waals surface area contributed by atoms with E-state index in [9.17, 15) is 0 Å². The maximum Gasteiger partial charge on any atom is 0.224 e. The topological polar surface area (TPSA) is 53.9 Å². The van der Waals surface area contributed by atoms with Crippen LogP contribution in [0.2, 0.25) is 0 Å². The Labute approximate surface area is 126 Å². The van der Waals surface area contributed by atoms with Gasteiger partial charge in [0.15, 0.2) is 0 Å². The van der Waals surface area contributed by atoms with Gasteiger partial charge in [-0.15, -0.1) is 0 Å². The van der Waals surface area contributed by atoms with Crippen LogP contribution in [0.5, 0.6) is 0 Å². The van der Waals surface area contributed by atoms with Crippen LogP contribution in [0.1, 0.15) is 31.7 Å². The lowest BCUT2D eigenvalue weighted by molar-refractivity contribution is 0.788. The second kappa shape index (κ2) is 7.57. The summed E-state index contributed by atoms with van der Waals surface area (Å²) in [5.74, 6) is 1.64. The Kier molecular flexibility index (Phi) is 5.49. The van der Waals surface area contributed by atoms with E-state index in [1.165, 1.54) is 0 Å². The minimum Gasteiger partial charge on any atom is -0.354 e. The molecule has 5 nitrogen and oxygen atoms in total. The van der Waals surface area contributed by atoms with E-state index in [-0.39, 0.29) is 0 Å². The van der Waals surface area contributed by atoms with Gasteiger partial charge in [0.05, 0.1) is 12.2 Å². The van der Waals surface area contributed by atoms with Gasteiger partial charge in [-0.25, -0.2) is 4.98 Å². The molecule has 2 aromatic rings. The van der Waals surface area contributed by atoms with E-state index in [0.717, 1.165) is 43.3 Å². The highest BCUT2D eigenvalue weighted by Gasteiger charge is 2.10. The summed E-state index contributed by atoms with van der Waals surface area (Å²) in [6.07, 6.45) is 2.88. The molecule has 0 unspecified atom stereocenters. The minimum absolute atomic E-state index is 0.700. The molecule has 0 saturated heterocycles. The number of nitrogens with zero attached hydrogens (tertiary/aromatic N) is 4. The number of hydrogen-bond donors (Lipinski definition) is 1. The zero-order valence-electron chi connectivity index (χ0n) is 13.0. The predicted molar refractivity (Wildman–Crippen MR) is 86.5 cm³/mol. The number of anilines is 2. The summed E-state index contributed by atoms with van der Waals surface area (Å²) in [6.45, 7) is 8.76. The summed E-state index contributed by atoms with van der Waals surface area (Å²) >= 11 is 0. The highest BCUT2D eigenvalue weighted by Crippen LogP contribution is 2.16. The molecule has 112 valence electrons. The van der Waals surface area contributed by atoms with E-state index >= 15 is 0 Å². The van der Waals surface area contributed by atoms with Crippen molar-refractivity contribution in [3.8, 4) is 0 Å². The Morgan fingerprint density at radius 2 is 2.05 bits per heavy atom. The van der Waals surface area contributed by atoms with E-state index < -0.39 is 0 Å². The second-order valence-electron chi connectivity index (χ2n) is 4.95. The average Bonchev–Trinajstić information content (AvgIpc) is 2.51. The number of aryl methyl sites for hydroxylation is 1. The van der Waals surface area contributed by atoms with E-state index in [1.807, 2.05) is 37.4 Å². The lowest BCUT2D eigenvalue weighted by atomic mass is 10.3. The quantitative estimate of drug-likeness (QED) is 0.847. The lowest BCUT2D eigenvalue weighted by Gasteiger charge is -2.22. The lowest BCUT2D eigenvalue weighted by Crippen LogP contribution is -2.24. The average molecular weight is 285 g/mol. The fourth-order valence-corrected chi connectivity index (χ4v) is 2.07. The van der Waals surface area contributed by atoms with Gasteiger partial charge >= 0.3 is 0 Å². The van der Waals surface area contributed by atoms with Gasteiger partial charge in [-0.2, -0.15) is 4.98 Å². The van der Waals surface area contributed by atoms with Crippen LogP contribution in [0, 0.1) is 6.92 Å². The van der Waals surface area contributed by atoms with Gasteiger partial charge in [-0.1, -0.05) is 13.0 Å². The Hall–Kier alpha value is -2.17. The van der Waals surface area contributed by atoms with E-state index in [0.29, 0.717) is 5.95 Å². The molecule has 0 radical (unpaired) electrons. The Morgan fingerprint density at radius 1 is 1.19 bits per heavy atom. The molecular formula is C16H23N5. The Balaban J connectivity index is 2.19. The first kappa shape index (κ1) is 15.2. The number of hydrogen-bond acceptors (Lipinski definition) is 5. The molecule has 0 fully saturated rings. The summed E-state index contributed by atoms with van der Waals surface area (Å²) in [5, 5.41) is 3.25. The van der Waals surface area contributed by atoms with Crippen LogP contribution in [0.25, 0.3) is 0 Å². The molecular weight excluding hydrogens is 262 g/mol. The van der Waals surface area contributed by atoms with Crippen molar-refractivity contribution in [2.24, 2.45) is 0 Å². The summed E-state index contributed by atoms with van der Waals surface area (Å²) < 4.78 is 0. The molecule has 0 bridgehead atoms. The molecule has 5 heteroatoms.